The number of hydrogen-bond donors (Lipinski definition) is 1. The number of ether oxygens (including phenoxy) is 2. The molecule has 45 heavy (non-hydrogen) atoms. The zero-order chi connectivity index (χ0) is 32.8. The van der Waals surface area contributed by atoms with Crippen LogP contribution in [-0.2, 0) is 47.7 Å². The van der Waals surface area contributed by atoms with Crippen LogP contribution < -0.4 is 9.46 Å². The second-order valence-electron chi connectivity index (χ2n) is 9.61. The molecule has 0 aliphatic rings. The molecule has 1 heterocycles. The SMILES string of the molecule is COCCOc1ccc(F)cc1CN(Cc1ccc(-c2ccccc2S(=O)(=O)NC#N)cc1S(C)(=O)=O)S(=O)(=O)c1cccs1. The number of halogens is 1. The van der Waals surface area contributed by atoms with E-state index in [9.17, 15) is 29.6 Å². The third-order valence-corrected chi connectivity index (χ3v) is 12.1. The van der Waals surface area contributed by atoms with Crippen molar-refractivity contribution in [3.8, 4) is 23.1 Å². The zero-order valence-corrected chi connectivity index (χ0v) is 27.3. The minimum Gasteiger partial charge on any atom is -0.491 e. The fourth-order valence-electron chi connectivity index (χ4n) is 4.44. The number of sulfonamides is 2. The topological polar surface area (TPSA) is 160 Å². The van der Waals surface area contributed by atoms with Crippen LogP contribution in [0.5, 0.6) is 5.75 Å². The maximum Gasteiger partial charge on any atom is 0.270 e. The second kappa shape index (κ2) is 14.1. The van der Waals surface area contributed by atoms with E-state index in [4.69, 9.17) is 14.7 Å². The van der Waals surface area contributed by atoms with Gasteiger partial charge in [0.15, 0.2) is 16.0 Å². The summed E-state index contributed by atoms with van der Waals surface area (Å²) in [6, 6.07) is 16.5. The van der Waals surface area contributed by atoms with Gasteiger partial charge in [0.1, 0.15) is 22.4 Å². The van der Waals surface area contributed by atoms with Gasteiger partial charge in [-0.3, -0.25) is 0 Å². The molecule has 11 nitrogen and oxygen atoms in total. The van der Waals surface area contributed by atoms with Gasteiger partial charge >= 0.3 is 0 Å². The van der Waals surface area contributed by atoms with Gasteiger partial charge in [-0.05, 0) is 52.9 Å². The number of benzene rings is 3. The lowest BCUT2D eigenvalue weighted by atomic mass is 10.0. The van der Waals surface area contributed by atoms with Crippen LogP contribution in [0.4, 0.5) is 4.39 Å². The van der Waals surface area contributed by atoms with Crippen molar-refractivity contribution < 1.29 is 39.1 Å². The third kappa shape index (κ3) is 8.06. The smallest absolute Gasteiger partial charge is 0.270 e. The normalized spacial score (nSPS) is 12.2. The number of nitrogens with one attached hydrogen (secondary N) is 1. The number of methoxy groups -OCH3 is 1. The van der Waals surface area contributed by atoms with E-state index in [-0.39, 0.29) is 61.8 Å². The Morgan fingerprint density at radius 2 is 1.62 bits per heavy atom. The van der Waals surface area contributed by atoms with E-state index in [2.05, 4.69) is 0 Å². The largest absolute Gasteiger partial charge is 0.491 e. The van der Waals surface area contributed by atoms with Gasteiger partial charge in [-0.15, -0.1) is 11.3 Å². The minimum atomic E-state index is -4.26. The maximum absolute atomic E-state index is 14.4. The zero-order valence-electron chi connectivity index (χ0n) is 24.0. The number of nitrogens with zero attached hydrogens (tertiary/aromatic N) is 2. The highest BCUT2D eigenvalue weighted by molar-refractivity contribution is 7.91. The van der Waals surface area contributed by atoms with Gasteiger partial charge in [-0.1, -0.05) is 36.4 Å². The summed E-state index contributed by atoms with van der Waals surface area (Å²) in [7, 11) is -11.0. The van der Waals surface area contributed by atoms with Crippen molar-refractivity contribution in [2.24, 2.45) is 0 Å². The lowest BCUT2D eigenvalue weighted by Gasteiger charge is -2.24. The molecule has 4 rings (SSSR count). The van der Waals surface area contributed by atoms with E-state index in [1.165, 1.54) is 67.9 Å². The van der Waals surface area contributed by atoms with E-state index in [0.29, 0.717) is 0 Å². The summed E-state index contributed by atoms with van der Waals surface area (Å²) in [4.78, 5) is -0.504. The first-order chi connectivity index (χ1) is 21.3. The highest BCUT2D eigenvalue weighted by Crippen LogP contribution is 2.33. The summed E-state index contributed by atoms with van der Waals surface area (Å²) < 4.78 is 107. The van der Waals surface area contributed by atoms with E-state index in [1.54, 1.807) is 22.2 Å². The standard InChI is InChI=1S/C29H28FN3O8S4/c1-40-13-14-41-26-12-11-24(30)16-23(26)19-33(45(38,39)29-8-5-15-42-29)18-22-10-9-21(17-28(22)43(2,34)35)25-6-3-4-7-27(25)44(36,37)32-20-31/h3-12,15-17,32H,13-14,18-19H2,1-2H3. The van der Waals surface area contributed by atoms with E-state index in [0.717, 1.165) is 28.0 Å². The molecule has 0 amide bonds. The Morgan fingerprint density at radius 1 is 0.889 bits per heavy atom. The van der Waals surface area contributed by atoms with Gasteiger partial charge in [0, 0.05) is 37.6 Å². The molecule has 238 valence electrons. The molecule has 0 spiro atoms. The van der Waals surface area contributed by atoms with Crippen LogP contribution in [0.2, 0.25) is 0 Å². The number of thiophene rings is 1. The molecule has 0 saturated carbocycles. The predicted octanol–water partition coefficient (Wildman–Crippen LogP) is 4.13. The summed E-state index contributed by atoms with van der Waals surface area (Å²) in [5.74, 6) is -0.402. The van der Waals surface area contributed by atoms with Crippen molar-refractivity contribution in [1.82, 2.24) is 9.03 Å². The van der Waals surface area contributed by atoms with Gasteiger partial charge in [-0.25, -0.2) is 34.4 Å². The molecule has 16 heteroatoms. The average Bonchev–Trinajstić information content (AvgIpc) is 3.54. The summed E-state index contributed by atoms with van der Waals surface area (Å²) in [6.07, 6.45) is 2.33. The van der Waals surface area contributed by atoms with Crippen LogP contribution >= 0.6 is 11.3 Å². The molecular formula is C29H28FN3O8S4. The fourth-order valence-corrected chi connectivity index (χ4v) is 8.90. The summed E-state index contributed by atoms with van der Waals surface area (Å²) >= 11 is 0.965. The minimum absolute atomic E-state index is 0.0117. The molecule has 1 aromatic heterocycles. The Kier molecular flexibility index (Phi) is 10.6. The van der Waals surface area contributed by atoms with Crippen molar-refractivity contribution in [1.29, 1.82) is 5.26 Å². The fraction of sp³-hybridized carbons (Fsp3) is 0.207. The molecule has 0 radical (unpaired) electrons. The Labute approximate surface area is 265 Å². The Morgan fingerprint density at radius 3 is 2.29 bits per heavy atom. The van der Waals surface area contributed by atoms with Gasteiger partial charge in [0.25, 0.3) is 20.0 Å². The number of sulfone groups is 1. The first-order valence-electron chi connectivity index (χ1n) is 13.0. The number of rotatable bonds is 14. The number of nitriles is 1. The molecule has 0 aliphatic heterocycles. The monoisotopic (exact) mass is 693 g/mol. The van der Waals surface area contributed by atoms with Crippen LogP contribution in [-0.4, -0.2) is 56.1 Å². The maximum atomic E-state index is 14.4. The summed E-state index contributed by atoms with van der Waals surface area (Å²) in [6.45, 7) is -0.457. The molecule has 0 fully saturated rings. The van der Waals surface area contributed by atoms with Crippen molar-refractivity contribution in [3.63, 3.8) is 0 Å². The third-order valence-electron chi connectivity index (χ3n) is 6.48. The highest BCUT2D eigenvalue weighted by Gasteiger charge is 2.29. The highest BCUT2D eigenvalue weighted by atomic mass is 32.2. The van der Waals surface area contributed by atoms with Crippen LogP contribution in [0, 0.1) is 17.3 Å². The van der Waals surface area contributed by atoms with E-state index >= 15 is 0 Å². The molecular weight excluding hydrogens is 666 g/mol. The molecule has 0 atom stereocenters. The molecule has 3 aromatic carbocycles. The Bertz CT molecular complexity index is 2040. The van der Waals surface area contributed by atoms with E-state index in [1.807, 2.05) is 0 Å². The van der Waals surface area contributed by atoms with Crippen molar-refractivity contribution in [2.45, 2.75) is 27.1 Å². The van der Waals surface area contributed by atoms with Crippen LogP contribution in [0.3, 0.4) is 0 Å². The lowest BCUT2D eigenvalue weighted by molar-refractivity contribution is 0.145. The summed E-state index contributed by atoms with van der Waals surface area (Å²) in [5, 5.41) is 10.5. The molecule has 0 bridgehead atoms. The Balaban J connectivity index is 1.84. The quantitative estimate of drug-likeness (QED) is 0.116. The van der Waals surface area contributed by atoms with Crippen molar-refractivity contribution >= 4 is 41.2 Å². The molecule has 4 aromatic rings. The van der Waals surface area contributed by atoms with Gasteiger partial charge in [-0.2, -0.15) is 9.57 Å². The molecule has 0 saturated heterocycles. The number of hydrogen-bond acceptors (Lipinski definition) is 10. The average molecular weight is 694 g/mol. The lowest BCUT2D eigenvalue weighted by Crippen LogP contribution is -2.30. The van der Waals surface area contributed by atoms with Crippen LogP contribution in [0.25, 0.3) is 11.1 Å². The molecule has 0 aliphatic carbocycles. The van der Waals surface area contributed by atoms with E-state index < -0.39 is 42.2 Å². The second-order valence-corrected chi connectivity index (χ2v) is 16.4. The summed E-state index contributed by atoms with van der Waals surface area (Å²) in [5.41, 5.74) is 0.616. The van der Waals surface area contributed by atoms with Gasteiger partial charge in [0.2, 0.25) is 0 Å². The predicted molar refractivity (Wildman–Crippen MR) is 165 cm³/mol. The first kappa shape index (κ1) is 34.0. The van der Waals surface area contributed by atoms with Crippen molar-refractivity contribution in [2.75, 3.05) is 26.6 Å². The molecule has 1 N–H and O–H groups in total. The first-order valence-corrected chi connectivity index (χ1v) is 18.7. The van der Waals surface area contributed by atoms with Gasteiger partial charge < -0.3 is 9.47 Å². The van der Waals surface area contributed by atoms with Crippen molar-refractivity contribution in [3.05, 3.63) is 95.1 Å². The molecule has 0 unspecified atom stereocenters. The van der Waals surface area contributed by atoms with Crippen LogP contribution in [0.15, 0.2) is 92.2 Å². The van der Waals surface area contributed by atoms with Crippen LogP contribution in [0.1, 0.15) is 11.1 Å². The Hall–Kier alpha value is -3.85. The van der Waals surface area contributed by atoms with Gasteiger partial charge in [0.05, 0.1) is 16.4 Å².